The van der Waals surface area contributed by atoms with Crippen molar-refractivity contribution in [3.05, 3.63) is 87.7 Å². The van der Waals surface area contributed by atoms with Gasteiger partial charge in [-0.05, 0) is 112 Å². The van der Waals surface area contributed by atoms with E-state index in [1.165, 1.54) is 79.2 Å². The first kappa shape index (κ1) is 42.0. The van der Waals surface area contributed by atoms with Gasteiger partial charge in [-0.1, -0.05) is 89.8 Å². The fourth-order valence-corrected chi connectivity index (χ4v) is 5.34. The van der Waals surface area contributed by atoms with Gasteiger partial charge in [0.1, 0.15) is 0 Å². The molecule has 0 N–H and O–H groups in total. The average molecular weight is 682 g/mol. The van der Waals surface area contributed by atoms with Crippen molar-refractivity contribution < 1.29 is 41.6 Å². The van der Waals surface area contributed by atoms with Crippen LogP contribution in [-0.4, -0.2) is 16.4 Å². The van der Waals surface area contributed by atoms with Crippen LogP contribution < -0.4 is 24.8 Å². The first-order valence-electron chi connectivity index (χ1n) is 16.2. The van der Waals surface area contributed by atoms with Gasteiger partial charge in [-0.15, -0.1) is 0 Å². The Balaban J connectivity index is 0.00000616. The zero-order valence-electron chi connectivity index (χ0n) is 28.0. The summed E-state index contributed by atoms with van der Waals surface area (Å²) in [7, 11) is 0. The van der Waals surface area contributed by atoms with Gasteiger partial charge < -0.3 is 24.8 Å². The molecule has 3 rings (SSSR count). The Labute approximate surface area is 291 Å². The molecule has 1 heterocycles. The largest absolute Gasteiger partial charge is 2.00 e. The van der Waals surface area contributed by atoms with Gasteiger partial charge in [0, 0.05) is 0 Å². The van der Waals surface area contributed by atoms with Gasteiger partial charge >= 0.3 is 16.8 Å². The molecule has 1 radical (unpaired) electrons. The first-order chi connectivity index (χ1) is 19.9. The Kier molecular flexibility index (Phi) is 21.5. The summed E-state index contributed by atoms with van der Waals surface area (Å²) >= 11 is 0. The van der Waals surface area contributed by atoms with E-state index in [1.54, 1.807) is 0 Å². The van der Waals surface area contributed by atoms with Crippen molar-refractivity contribution >= 4 is 22.8 Å². The SMILES string of the molecule is CCCCc1cccc(CCCC)c1N=C(C)c1cc(C)cc(C(C)=Nc2c(CCCC)cccc2CCCC)n1.[Cl-].[Cl-].[Co+2]. The number of unbranched alkanes of at least 4 members (excludes halogenated alkanes) is 4. The summed E-state index contributed by atoms with van der Waals surface area (Å²) in [6, 6.07) is 17.8. The minimum atomic E-state index is 0. The molecule has 0 aliphatic rings. The van der Waals surface area contributed by atoms with E-state index in [0.717, 1.165) is 59.9 Å². The molecule has 3 aromatic rings. The molecular formula is C38H53Cl2CoN3. The summed E-state index contributed by atoms with van der Waals surface area (Å²) in [5.41, 5.74) is 12.7. The third kappa shape index (κ3) is 12.4. The normalized spacial score (nSPS) is 11.4. The number of aliphatic imine (C=N–C) groups is 2. The molecule has 2 aromatic carbocycles. The maximum Gasteiger partial charge on any atom is 2.00 e. The molecule has 243 valence electrons. The van der Waals surface area contributed by atoms with Crippen LogP contribution in [0.5, 0.6) is 0 Å². The van der Waals surface area contributed by atoms with Crippen LogP contribution in [0.2, 0.25) is 0 Å². The molecule has 0 atom stereocenters. The van der Waals surface area contributed by atoms with Gasteiger partial charge in [0.15, 0.2) is 0 Å². The molecule has 44 heavy (non-hydrogen) atoms. The Morgan fingerprint density at radius 2 is 0.864 bits per heavy atom. The number of hydrogen-bond acceptors (Lipinski definition) is 3. The maximum atomic E-state index is 5.27. The number of halogens is 2. The van der Waals surface area contributed by atoms with Crippen molar-refractivity contribution in [3.8, 4) is 0 Å². The monoisotopic (exact) mass is 680 g/mol. The fourth-order valence-electron chi connectivity index (χ4n) is 5.34. The predicted octanol–water partition coefficient (Wildman–Crippen LogP) is 5.05. The predicted molar refractivity (Wildman–Crippen MR) is 180 cm³/mol. The van der Waals surface area contributed by atoms with E-state index >= 15 is 0 Å². The number of rotatable bonds is 16. The number of pyridine rings is 1. The van der Waals surface area contributed by atoms with Crippen molar-refractivity contribution in [3.63, 3.8) is 0 Å². The molecular weight excluding hydrogens is 628 g/mol. The van der Waals surface area contributed by atoms with E-state index in [4.69, 9.17) is 15.0 Å². The van der Waals surface area contributed by atoms with E-state index in [-0.39, 0.29) is 41.6 Å². The average Bonchev–Trinajstić information content (AvgIpc) is 2.98. The molecule has 3 nitrogen and oxygen atoms in total. The van der Waals surface area contributed by atoms with E-state index < -0.39 is 0 Å². The van der Waals surface area contributed by atoms with E-state index in [2.05, 4.69) is 97.0 Å². The van der Waals surface area contributed by atoms with Gasteiger partial charge in [-0.3, -0.25) is 9.98 Å². The molecule has 0 spiro atoms. The van der Waals surface area contributed by atoms with E-state index in [1.807, 2.05) is 0 Å². The summed E-state index contributed by atoms with van der Waals surface area (Å²) in [5.74, 6) is 0. The van der Waals surface area contributed by atoms with Crippen LogP contribution >= 0.6 is 0 Å². The third-order valence-electron chi connectivity index (χ3n) is 7.88. The number of hydrogen-bond donors (Lipinski definition) is 0. The standard InChI is InChI=1S/C38H53N3.2ClH.Co/c1-8-12-18-31-22-16-23-32(19-13-9-2)37(31)39-29(6)35-26-28(5)27-36(41-35)30(7)40-38-33(20-14-10-3)24-17-25-34(38)21-15-11-4;;;/h16-17,22-27H,8-15,18-21H2,1-7H3;2*1H;/q;;;+2/p-2. The van der Waals surface area contributed by atoms with Crippen molar-refractivity contribution in [2.24, 2.45) is 9.98 Å². The molecule has 0 saturated heterocycles. The minimum absolute atomic E-state index is 0. The van der Waals surface area contributed by atoms with Gasteiger partial charge in [0.2, 0.25) is 0 Å². The van der Waals surface area contributed by atoms with Crippen LogP contribution in [-0.2, 0) is 42.5 Å². The topological polar surface area (TPSA) is 37.6 Å². The Morgan fingerprint density at radius 1 is 0.568 bits per heavy atom. The van der Waals surface area contributed by atoms with Crippen LogP contribution in [0, 0.1) is 6.92 Å². The number of aryl methyl sites for hydroxylation is 5. The molecule has 0 saturated carbocycles. The van der Waals surface area contributed by atoms with Crippen LogP contribution in [0.1, 0.15) is 132 Å². The summed E-state index contributed by atoms with van der Waals surface area (Å²) in [4.78, 5) is 15.7. The summed E-state index contributed by atoms with van der Waals surface area (Å²) < 4.78 is 0. The number of para-hydroxylation sites is 2. The molecule has 1 aromatic heterocycles. The van der Waals surface area contributed by atoms with E-state index in [0.29, 0.717) is 0 Å². The van der Waals surface area contributed by atoms with Crippen LogP contribution in [0.25, 0.3) is 0 Å². The summed E-state index contributed by atoms with van der Waals surface area (Å²) in [6.45, 7) is 15.4. The molecule has 0 unspecified atom stereocenters. The van der Waals surface area contributed by atoms with Gasteiger partial charge in [-0.2, -0.15) is 0 Å². The van der Waals surface area contributed by atoms with Crippen molar-refractivity contribution in [1.82, 2.24) is 4.98 Å². The van der Waals surface area contributed by atoms with Gasteiger partial charge in [0.05, 0.1) is 34.2 Å². The number of benzene rings is 2. The van der Waals surface area contributed by atoms with Crippen LogP contribution in [0.3, 0.4) is 0 Å². The van der Waals surface area contributed by atoms with Crippen LogP contribution in [0.15, 0.2) is 58.5 Å². The summed E-state index contributed by atoms with van der Waals surface area (Å²) in [6.07, 6.45) is 13.7. The molecule has 0 amide bonds. The molecule has 0 bridgehead atoms. The van der Waals surface area contributed by atoms with Gasteiger partial charge in [-0.25, -0.2) is 4.98 Å². The summed E-state index contributed by atoms with van der Waals surface area (Å²) in [5, 5.41) is 0. The molecule has 0 fully saturated rings. The molecule has 0 aliphatic carbocycles. The second kappa shape index (κ2) is 22.5. The Hall–Kier alpha value is -1.98. The Morgan fingerprint density at radius 3 is 1.14 bits per heavy atom. The van der Waals surface area contributed by atoms with Gasteiger partial charge in [0.25, 0.3) is 0 Å². The second-order valence-electron chi connectivity index (χ2n) is 11.6. The molecule has 6 heteroatoms. The second-order valence-corrected chi connectivity index (χ2v) is 11.6. The number of aromatic nitrogens is 1. The minimum Gasteiger partial charge on any atom is -1.00 e. The van der Waals surface area contributed by atoms with Crippen molar-refractivity contribution in [2.45, 2.75) is 126 Å². The zero-order valence-corrected chi connectivity index (χ0v) is 30.6. The number of nitrogens with zero attached hydrogens (tertiary/aromatic N) is 3. The third-order valence-corrected chi connectivity index (χ3v) is 7.88. The zero-order chi connectivity index (χ0) is 29.6. The quantitative estimate of drug-likeness (QED) is 0.195. The van der Waals surface area contributed by atoms with Crippen molar-refractivity contribution in [2.75, 3.05) is 0 Å². The van der Waals surface area contributed by atoms with Crippen molar-refractivity contribution in [1.29, 1.82) is 0 Å². The molecule has 0 aliphatic heterocycles. The smallest absolute Gasteiger partial charge is 1.00 e. The first-order valence-corrected chi connectivity index (χ1v) is 16.2. The Bertz CT molecular complexity index is 1180. The maximum absolute atomic E-state index is 5.27. The fraction of sp³-hybridized carbons (Fsp3) is 0.500. The van der Waals surface area contributed by atoms with Crippen LogP contribution in [0.4, 0.5) is 11.4 Å². The van der Waals surface area contributed by atoms with E-state index in [9.17, 15) is 0 Å².